The first-order valence-corrected chi connectivity index (χ1v) is 8.65. The Bertz CT molecular complexity index is 687. The van der Waals surface area contributed by atoms with E-state index in [1.165, 1.54) is 0 Å². The number of hydrogen-bond donors (Lipinski definition) is 4. The number of amides is 1. The van der Waals surface area contributed by atoms with Crippen LogP contribution in [0, 0.1) is 5.82 Å². The molecule has 0 atom stereocenters. The van der Waals surface area contributed by atoms with Crippen molar-refractivity contribution < 1.29 is 22.4 Å². The number of hydrazine groups is 1. The Morgan fingerprint density at radius 2 is 1.79 bits per heavy atom. The molecule has 0 bridgehead atoms. The molecule has 1 aromatic carbocycles. The number of thiocarbonyl (C=S) groups is 1. The molecule has 0 aromatic heterocycles. The van der Waals surface area contributed by atoms with E-state index in [1.807, 2.05) is 20.8 Å². The number of carbonyl (C=O) groups is 1. The smallest absolute Gasteiger partial charge is 0.266 e. The molecule has 0 unspecified atom stereocenters. The van der Waals surface area contributed by atoms with Crippen molar-refractivity contribution in [2.45, 2.75) is 31.2 Å². The van der Waals surface area contributed by atoms with E-state index >= 15 is 0 Å². The second kappa shape index (κ2) is 8.33. The molecule has 0 aliphatic heterocycles. The van der Waals surface area contributed by atoms with Crippen LogP contribution in [0.15, 0.2) is 29.2 Å². The van der Waals surface area contributed by atoms with Gasteiger partial charge in [-0.1, -0.05) is 4.89 Å². The number of halogens is 1. The van der Waals surface area contributed by atoms with E-state index in [0.717, 1.165) is 24.3 Å². The number of rotatable bonds is 5. The maximum absolute atomic E-state index is 12.8. The monoisotopic (exact) mass is 378 g/mol. The third kappa shape index (κ3) is 7.64. The average molecular weight is 378 g/mol. The Labute approximate surface area is 145 Å². The van der Waals surface area contributed by atoms with Crippen LogP contribution in [0.4, 0.5) is 4.39 Å². The highest BCUT2D eigenvalue weighted by atomic mass is 32.2. The summed E-state index contributed by atoms with van der Waals surface area (Å²) < 4.78 is 36.4. The molecule has 0 fully saturated rings. The minimum atomic E-state index is -4.01. The molecule has 0 saturated heterocycles. The molecule has 8 nitrogen and oxygen atoms in total. The lowest BCUT2D eigenvalue weighted by Crippen LogP contribution is -2.53. The van der Waals surface area contributed by atoms with Gasteiger partial charge in [0.05, 0.1) is 4.90 Å². The average Bonchev–Trinajstić information content (AvgIpc) is 2.43. The zero-order valence-corrected chi connectivity index (χ0v) is 15.0. The van der Waals surface area contributed by atoms with Crippen molar-refractivity contribution in [1.29, 1.82) is 0 Å². The molecule has 24 heavy (non-hydrogen) atoms. The SMILES string of the molecule is CC(C)(C)NC(=S)NNC(=O)CONS(=O)(=O)c1ccc(F)cc1. The highest BCUT2D eigenvalue weighted by Gasteiger charge is 2.15. The van der Waals surface area contributed by atoms with Gasteiger partial charge in [0.1, 0.15) is 12.4 Å². The summed E-state index contributed by atoms with van der Waals surface area (Å²) in [6.07, 6.45) is 0. The van der Waals surface area contributed by atoms with Crippen molar-refractivity contribution in [3.05, 3.63) is 30.1 Å². The van der Waals surface area contributed by atoms with Gasteiger partial charge >= 0.3 is 0 Å². The minimum Gasteiger partial charge on any atom is -0.357 e. The normalized spacial score (nSPS) is 11.7. The van der Waals surface area contributed by atoms with Gasteiger partial charge in [-0.3, -0.25) is 20.5 Å². The van der Waals surface area contributed by atoms with Crippen LogP contribution in [0.2, 0.25) is 0 Å². The summed E-state index contributed by atoms with van der Waals surface area (Å²) in [5, 5.41) is 3.10. The maximum atomic E-state index is 12.8. The lowest BCUT2D eigenvalue weighted by atomic mass is 10.1. The summed E-state index contributed by atoms with van der Waals surface area (Å²) in [6.45, 7) is 5.06. The highest BCUT2D eigenvalue weighted by Crippen LogP contribution is 2.09. The fourth-order valence-electron chi connectivity index (χ4n) is 1.37. The highest BCUT2D eigenvalue weighted by molar-refractivity contribution is 7.89. The summed E-state index contributed by atoms with van der Waals surface area (Å²) in [7, 11) is -4.01. The Balaban J connectivity index is 2.37. The molecule has 0 aliphatic carbocycles. The van der Waals surface area contributed by atoms with Crippen LogP contribution in [0.25, 0.3) is 0 Å². The van der Waals surface area contributed by atoms with Gasteiger partial charge < -0.3 is 5.32 Å². The first-order chi connectivity index (χ1) is 11.0. The molecule has 1 aromatic rings. The van der Waals surface area contributed by atoms with Crippen LogP contribution in [0.1, 0.15) is 20.8 Å². The first kappa shape index (κ1) is 20.2. The molecule has 0 aliphatic rings. The third-order valence-corrected chi connectivity index (χ3v) is 3.73. The molecular formula is C13H19FN4O4S2. The molecule has 1 rings (SSSR count). The van der Waals surface area contributed by atoms with Crippen molar-refractivity contribution in [1.82, 2.24) is 21.1 Å². The molecule has 1 amide bonds. The van der Waals surface area contributed by atoms with Gasteiger partial charge in [-0.2, -0.15) is 0 Å². The van der Waals surface area contributed by atoms with Crippen LogP contribution in [0.3, 0.4) is 0 Å². The van der Waals surface area contributed by atoms with Gasteiger partial charge in [-0.05, 0) is 57.3 Å². The summed E-state index contributed by atoms with van der Waals surface area (Å²) >= 11 is 4.95. The van der Waals surface area contributed by atoms with Crippen molar-refractivity contribution >= 4 is 33.3 Å². The zero-order chi connectivity index (χ0) is 18.4. The minimum absolute atomic E-state index is 0.196. The predicted octanol–water partition coefficient (Wildman–Crippen LogP) is 0.329. The van der Waals surface area contributed by atoms with Crippen molar-refractivity contribution in [3.8, 4) is 0 Å². The Hall–Kier alpha value is -1.82. The van der Waals surface area contributed by atoms with Crippen LogP contribution < -0.4 is 21.1 Å². The van der Waals surface area contributed by atoms with E-state index in [-0.39, 0.29) is 15.5 Å². The Morgan fingerprint density at radius 3 is 2.33 bits per heavy atom. The van der Waals surface area contributed by atoms with E-state index in [4.69, 9.17) is 12.2 Å². The molecule has 0 spiro atoms. The fraction of sp³-hybridized carbons (Fsp3) is 0.385. The van der Waals surface area contributed by atoms with Crippen LogP contribution in [0.5, 0.6) is 0 Å². The third-order valence-electron chi connectivity index (χ3n) is 2.30. The van der Waals surface area contributed by atoms with Gasteiger partial charge in [0, 0.05) is 5.54 Å². The summed E-state index contributed by atoms with van der Waals surface area (Å²) in [5.41, 5.74) is 4.40. The maximum Gasteiger partial charge on any atom is 0.266 e. The summed E-state index contributed by atoms with van der Waals surface area (Å²) in [5.74, 6) is -1.23. The molecule has 134 valence electrons. The molecule has 0 heterocycles. The quantitative estimate of drug-likeness (QED) is 0.432. The number of nitrogens with one attached hydrogen (secondary N) is 4. The largest absolute Gasteiger partial charge is 0.357 e. The number of sulfonamides is 1. The van der Waals surface area contributed by atoms with E-state index in [2.05, 4.69) is 21.0 Å². The summed E-state index contributed by atoms with van der Waals surface area (Å²) in [6, 6.07) is 4.13. The van der Waals surface area contributed by atoms with Gasteiger partial charge in [-0.15, -0.1) is 0 Å². The second-order valence-corrected chi connectivity index (χ2v) is 7.76. The topological polar surface area (TPSA) is 109 Å². The summed E-state index contributed by atoms with van der Waals surface area (Å²) in [4.78, 5) is 17.7. The first-order valence-electron chi connectivity index (χ1n) is 6.76. The number of carbonyl (C=O) groups excluding carboxylic acids is 1. The van der Waals surface area contributed by atoms with Gasteiger partial charge in [-0.25, -0.2) is 12.8 Å². The van der Waals surface area contributed by atoms with E-state index in [1.54, 1.807) is 4.89 Å². The second-order valence-electron chi connectivity index (χ2n) is 5.71. The van der Waals surface area contributed by atoms with Crippen LogP contribution >= 0.6 is 12.2 Å². The lowest BCUT2D eigenvalue weighted by Gasteiger charge is -2.23. The number of hydrogen-bond acceptors (Lipinski definition) is 5. The number of benzene rings is 1. The standard InChI is InChI=1S/C13H19FN4O4S2/c1-13(2,3)15-12(23)17-16-11(19)8-22-18-24(20,21)10-6-4-9(14)5-7-10/h4-7,18H,8H2,1-3H3,(H,16,19)(H2,15,17,23). The van der Waals surface area contributed by atoms with Crippen LogP contribution in [-0.4, -0.2) is 31.6 Å². The Morgan fingerprint density at radius 1 is 1.21 bits per heavy atom. The van der Waals surface area contributed by atoms with Gasteiger partial charge in [0.25, 0.3) is 15.9 Å². The molecule has 0 radical (unpaired) electrons. The van der Waals surface area contributed by atoms with E-state index in [9.17, 15) is 17.6 Å². The zero-order valence-electron chi connectivity index (χ0n) is 13.3. The van der Waals surface area contributed by atoms with Gasteiger partial charge in [0.15, 0.2) is 5.11 Å². The molecule has 0 saturated carbocycles. The van der Waals surface area contributed by atoms with Crippen molar-refractivity contribution in [2.75, 3.05) is 6.61 Å². The van der Waals surface area contributed by atoms with E-state index < -0.39 is 28.4 Å². The molecule has 11 heteroatoms. The van der Waals surface area contributed by atoms with Crippen molar-refractivity contribution in [2.24, 2.45) is 0 Å². The lowest BCUT2D eigenvalue weighted by molar-refractivity contribution is -0.127. The van der Waals surface area contributed by atoms with Crippen LogP contribution in [-0.2, 0) is 19.7 Å². The fourth-order valence-corrected chi connectivity index (χ4v) is 2.53. The van der Waals surface area contributed by atoms with Crippen molar-refractivity contribution in [3.63, 3.8) is 0 Å². The molecular weight excluding hydrogens is 359 g/mol. The van der Waals surface area contributed by atoms with E-state index in [0.29, 0.717) is 0 Å². The van der Waals surface area contributed by atoms with Gasteiger partial charge in [0.2, 0.25) is 0 Å². The predicted molar refractivity (Wildman–Crippen MR) is 89.4 cm³/mol. The Kier molecular flexibility index (Phi) is 7.02. The molecule has 4 N–H and O–H groups in total.